The maximum absolute atomic E-state index is 5.81. The second-order valence-electron chi connectivity index (χ2n) is 4.24. The van der Waals surface area contributed by atoms with Crippen LogP contribution in [0, 0.1) is 0 Å². The van der Waals surface area contributed by atoms with Gasteiger partial charge in [0.1, 0.15) is 0 Å². The number of hydrogen-bond donors (Lipinski definition) is 1. The Balaban J connectivity index is 2.30. The molecular formula is C14H12BrN3. The lowest BCUT2D eigenvalue weighted by atomic mass is 10.2. The van der Waals surface area contributed by atoms with Gasteiger partial charge in [0.15, 0.2) is 0 Å². The first-order valence-electron chi connectivity index (χ1n) is 5.62. The molecule has 0 atom stereocenters. The van der Waals surface area contributed by atoms with E-state index in [1.54, 1.807) is 12.3 Å². The van der Waals surface area contributed by atoms with Crippen molar-refractivity contribution in [3.05, 3.63) is 47.1 Å². The van der Waals surface area contributed by atoms with Gasteiger partial charge in [-0.25, -0.2) is 0 Å². The number of nitrogen functional groups attached to an aromatic ring is 1. The zero-order chi connectivity index (χ0) is 12.7. The van der Waals surface area contributed by atoms with E-state index in [2.05, 4.69) is 37.6 Å². The summed E-state index contributed by atoms with van der Waals surface area (Å²) in [5.41, 5.74) is 9.66. The van der Waals surface area contributed by atoms with Crippen molar-refractivity contribution in [1.29, 1.82) is 0 Å². The lowest BCUT2D eigenvalue weighted by Crippen LogP contribution is -1.94. The Morgan fingerprint density at radius 1 is 1.22 bits per heavy atom. The minimum absolute atomic E-state index is 0.726. The maximum Gasteiger partial charge on any atom is 0.0887 e. The number of nitrogens with two attached hydrogens (primary N) is 1. The van der Waals surface area contributed by atoms with Crippen molar-refractivity contribution in [3.8, 4) is 11.4 Å². The third-order valence-electron chi connectivity index (χ3n) is 3.08. The Morgan fingerprint density at radius 3 is 2.78 bits per heavy atom. The molecule has 0 amide bonds. The van der Waals surface area contributed by atoms with Gasteiger partial charge < -0.3 is 10.3 Å². The minimum atomic E-state index is 0.726. The highest BCUT2D eigenvalue weighted by atomic mass is 79.9. The van der Waals surface area contributed by atoms with Crippen LogP contribution in [0.2, 0.25) is 0 Å². The van der Waals surface area contributed by atoms with Crippen molar-refractivity contribution in [3.63, 3.8) is 0 Å². The molecule has 2 heterocycles. The molecule has 0 aliphatic carbocycles. The molecule has 90 valence electrons. The molecule has 0 spiro atoms. The number of aromatic nitrogens is 2. The summed E-state index contributed by atoms with van der Waals surface area (Å²) in [7, 11) is 2.04. The molecule has 0 bridgehead atoms. The topological polar surface area (TPSA) is 43.8 Å². The summed E-state index contributed by atoms with van der Waals surface area (Å²) in [5, 5.41) is 1.18. The van der Waals surface area contributed by atoms with Gasteiger partial charge in [-0.15, -0.1) is 0 Å². The molecule has 0 aliphatic rings. The average Bonchev–Trinajstić information content (AvgIpc) is 2.69. The van der Waals surface area contributed by atoms with Gasteiger partial charge in [0.2, 0.25) is 0 Å². The fourth-order valence-electron chi connectivity index (χ4n) is 2.16. The van der Waals surface area contributed by atoms with Crippen molar-refractivity contribution in [2.45, 2.75) is 0 Å². The molecular weight excluding hydrogens is 290 g/mol. The predicted octanol–water partition coefficient (Wildman–Crippen LogP) is 3.59. The monoisotopic (exact) mass is 301 g/mol. The molecule has 3 aromatic rings. The van der Waals surface area contributed by atoms with E-state index in [1.807, 2.05) is 25.2 Å². The van der Waals surface area contributed by atoms with Crippen LogP contribution in [0.4, 0.5) is 5.69 Å². The van der Waals surface area contributed by atoms with Crippen LogP contribution < -0.4 is 5.73 Å². The van der Waals surface area contributed by atoms with E-state index < -0.39 is 0 Å². The smallest absolute Gasteiger partial charge is 0.0887 e. The number of hydrogen-bond acceptors (Lipinski definition) is 2. The number of aryl methyl sites for hydroxylation is 1. The number of halogens is 1. The number of rotatable bonds is 1. The van der Waals surface area contributed by atoms with Crippen LogP contribution in [0.15, 0.2) is 47.1 Å². The zero-order valence-corrected chi connectivity index (χ0v) is 11.5. The van der Waals surface area contributed by atoms with E-state index >= 15 is 0 Å². The third-order valence-corrected chi connectivity index (χ3v) is 3.77. The molecule has 3 nitrogen and oxygen atoms in total. The maximum atomic E-state index is 5.81. The van der Waals surface area contributed by atoms with Crippen molar-refractivity contribution < 1.29 is 0 Å². The number of fused-ring (bicyclic) bond motifs is 1. The summed E-state index contributed by atoms with van der Waals surface area (Å²) in [4.78, 5) is 4.38. The molecule has 0 fully saturated rings. The Labute approximate surface area is 113 Å². The lowest BCUT2D eigenvalue weighted by Gasteiger charge is -2.04. The van der Waals surface area contributed by atoms with Crippen LogP contribution in [0.5, 0.6) is 0 Å². The van der Waals surface area contributed by atoms with Crippen molar-refractivity contribution in [2.75, 3.05) is 5.73 Å². The first-order valence-corrected chi connectivity index (χ1v) is 6.42. The minimum Gasteiger partial charge on any atom is -0.399 e. The van der Waals surface area contributed by atoms with E-state index in [0.29, 0.717) is 0 Å². The number of anilines is 1. The molecule has 0 radical (unpaired) electrons. The van der Waals surface area contributed by atoms with Gasteiger partial charge in [0, 0.05) is 34.3 Å². The fourth-order valence-corrected chi connectivity index (χ4v) is 2.63. The molecule has 3 rings (SSSR count). The van der Waals surface area contributed by atoms with Gasteiger partial charge >= 0.3 is 0 Å². The molecule has 2 N–H and O–H groups in total. The highest BCUT2D eigenvalue weighted by molar-refractivity contribution is 9.10. The van der Waals surface area contributed by atoms with Gasteiger partial charge in [-0.3, -0.25) is 4.98 Å². The van der Waals surface area contributed by atoms with Crippen molar-refractivity contribution >= 4 is 32.5 Å². The first-order chi connectivity index (χ1) is 8.66. The van der Waals surface area contributed by atoms with E-state index in [4.69, 9.17) is 5.73 Å². The summed E-state index contributed by atoms with van der Waals surface area (Å²) in [6, 6.07) is 12.0. The number of pyridine rings is 1. The second-order valence-corrected chi connectivity index (χ2v) is 5.09. The van der Waals surface area contributed by atoms with Crippen LogP contribution in [-0.4, -0.2) is 9.55 Å². The number of benzene rings is 1. The Morgan fingerprint density at radius 2 is 2.06 bits per heavy atom. The van der Waals surface area contributed by atoms with Gasteiger partial charge in [0.05, 0.1) is 11.4 Å². The lowest BCUT2D eigenvalue weighted by molar-refractivity contribution is 0.970. The van der Waals surface area contributed by atoms with Crippen molar-refractivity contribution in [1.82, 2.24) is 9.55 Å². The SMILES string of the molecule is Cn1c(-c2cc(N)ccn2)cc2c(Br)cccc21. The average molecular weight is 302 g/mol. The Kier molecular flexibility index (Phi) is 2.59. The fraction of sp³-hybridized carbons (Fsp3) is 0.0714. The van der Waals surface area contributed by atoms with Crippen LogP contribution in [-0.2, 0) is 7.05 Å². The molecule has 18 heavy (non-hydrogen) atoms. The van der Waals surface area contributed by atoms with Crippen LogP contribution in [0.3, 0.4) is 0 Å². The van der Waals surface area contributed by atoms with E-state index in [-0.39, 0.29) is 0 Å². The van der Waals surface area contributed by atoms with Crippen molar-refractivity contribution in [2.24, 2.45) is 7.05 Å². The highest BCUT2D eigenvalue weighted by Gasteiger charge is 2.10. The van der Waals surface area contributed by atoms with E-state index in [9.17, 15) is 0 Å². The Bertz CT molecular complexity index is 731. The molecule has 0 saturated carbocycles. The summed E-state index contributed by atoms with van der Waals surface area (Å²) >= 11 is 3.57. The van der Waals surface area contributed by atoms with Crippen LogP contribution in [0.25, 0.3) is 22.3 Å². The quantitative estimate of drug-likeness (QED) is 0.746. The van der Waals surface area contributed by atoms with Crippen LogP contribution in [0.1, 0.15) is 0 Å². The Hall–Kier alpha value is -1.81. The largest absolute Gasteiger partial charge is 0.399 e. The molecule has 1 aromatic carbocycles. The van der Waals surface area contributed by atoms with Gasteiger partial charge in [-0.2, -0.15) is 0 Å². The summed E-state index contributed by atoms with van der Waals surface area (Å²) in [6.45, 7) is 0. The summed E-state index contributed by atoms with van der Waals surface area (Å²) in [6.07, 6.45) is 1.73. The zero-order valence-electron chi connectivity index (χ0n) is 9.89. The van der Waals surface area contributed by atoms with E-state index in [1.165, 1.54) is 10.9 Å². The second kappa shape index (κ2) is 4.14. The molecule has 4 heteroatoms. The predicted molar refractivity (Wildman–Crippen MR) is 78.3 cm³/mol. The van der Waals surface area contributed by atoms with Gasteiger partial charge in [0.25, 0.3) is 0 Å². The number of nitrogens with zero attached hydrogens (tertiary/aromatic N) is 2. The molecule has 0 unspecified atom stereocenters. The van der Waals surface area contributed by atoms with E-state index in [0.717, 1.165) is 21.5 Å². The molecule has 0 aliphatic heterocycles. The summed E-state index contributed by atoms with van der Waals surface area (Å²) < 4.78 is 3.22. The van der Waals surface area contributed by atoms with Gasteiger partial charge in [-0.05, 0) is 30.3 Å². The van der Waals surface area contributed by atoms with Crippen LogP contribution >= 0.6 is 15.9 Å². The molecule has 2 aromatic heterocycles. The summed E-state index contributed by atoms with van der Waals surface area (Å²) in [5.74, 6) is 0. The first kappa shape index (κ1) is 11.3. The standard InChI is InChI=1S/C14H12BrN3/c1-18-13-4-2-3-11(15)10(13)8-14(18)12-7-9(16)5-6-17-12/h2-8H,1H3,(H2,16,17). The normalized spacial score (nSPS) is 11.0. The molecule has 0 saturated heterocycles. The third kappa shape index (κ3) is 1.69. The van der Waals surface area contributed by atoms with Gasteiger partial charge in [-0.1, -0.05) is 22.0 Å². The highest BCUT2D eigenvalue weighted by Crippen LogP contribution is 2.31.